The van der Waals surface area contributed by atoms with Crippen LogP contribution in [0.3, 0.4) is 0 Å². The predicted octanol–water partition coefficient (Wildman–Crippen LogP) is 4.05. The molecule has 0 unspecified atom stereocenters. The smallest absolute Gasteiger partial charge is 0.205 e. The third-order valence-corrected chi connectivity index (χ3v) is 6.80. The molecule has 0 radical (unpaired) electrons. The van der Waals surface area contributed by atoms with Crippen LogP contribution in [-0.2, 0) is 4.57 Å². The molecular weight excluding hydrogens is 315 g/mol. The minimum Gasteiger partial charge on any atom is -0.297 e. The van der Waals surface area contributed by atoms with Gasteiger partial charge in [-0.15, -0.1) is 0 Å². The van der Waals surface area contributed by atoms with Crippen LogP contribution in [0.2, 0.25) is 0 Å². The first-order valence-corrected chi connectivity index (χ1v) is 9.83. The van der Waals surface area contributed by atoms with E-state index in [9.17, 15) is 4.57 Å². The fraction of sp³-hybridized carbons (Fsp3) is 0.150. The minimum absolute atomic E-state index is 0.0232. The van der Waals surface area contributed by atoms with Gasteiger partial charge < -0.3 is 0 Å². The molecule has 3 aromatic rings. The third kappa shape index (κ3) is 3.48. The lowest BCUT2D eigenvalue weighted by Crippen LogP contribution is -2.30. The van der Waals surface area contributed by atoms with Crippen LogP contribution < -0.4 is 15.7 Å². The highest BCUT2D eigenvalue weighted by atomic mass is 31.2. The summed E-state index contributed by atoms with van der Waals surface area (Å²) < 4.78 is 14.0. The van der Waals surface area contributed by atoms with E-state index in [1.807, 2.05) is 79.0 Å². The van der Waals surface area contributed by atoms with Crippen LogP contribution in [0.15, 0.2) is 85.2 Å². The van der Waals surface area contributed by atoms with Crippen molar-refractivity contribution < 1.29 is 4.57 Å². The molecule has 1 N–H and O–H groups in total. The number of rotatable bonds is 6. The summed E-state index contributed by atoms with van der Waals surface area (Å²) >= 11 is 0. The molecule has 0 aliphatic rings. The zero-order valence-corrected chi connectivity index (χ0v) is 14.6. The molecule has 0 saturated carbocycles. The summed E-state index contributed by atoms with van der Waals surface area (Å²) in [4.78, 5) is 4.20. The van der Waals surface area contributed by atoms with Gasteiger partial charge in [0.15, 0.2) is 0 Å². The Morgan fingerprint density at radius 3 is 1.96 bits per heavy atom. The fourth-order valence-corrected chi connectivity index (χ4v) is 5.33. The van der Waals surface area contributed by atoms with E-state index in [2.05, 4.69) is 17.0 Å². The van der Waals surface area contributed by atoms with Gasteiger partial charge in [-0.1, -0.05) is 49.4 Å². The summed E-state index contributed by atoms with van der Waals surface area (Å²) in [6.45, 7) is 2.09. The van der Waals surface area contributed by atoms with Crippen molar-refractivity contribution in [2.75, 3.05) is 0 Å². The molecule has 122 valence electrons. The molecule has 1 atom stereocenters. The molecule has 2 aromatic carbocycles. The Balaban J connectivity index is 2.04. The lowest BCUT2D eigenvalue weighted by Gasteiger charge is -2.26. The zero-order valence-electron chi connectivity index (χ0n) is 13.7. The van der Waals surface area contributed by atoms with Crippen LogP contribution in [0.1, 0.15) is 24.9 Å². The Morgan fingerprint density at radius 2 is 1.50 bits per heavy atom. The third-order valence-electron chi connectivity index (χ3n) is 4.07. The van der Waals surface area contributed by atoms with E-state index in [0.29, 0.717) is 0 Å². The van der Waals surface area contributed by atoms with Crippen LogP contribution in [0.4, 0.5) is 0 Å². The number of hydrogen-bond donors (Lipinski definition) is 1. The van der Waals surface area contributed by atoms with Gasteiger partial charge in [0.1, 0.15) is 0 Å². The maximum Gasteiger partial charge on any atom is 0.205 e. The van der Waals surface area contributed by atoms with Gasteiger partial charge in [-0.05, 0) is 42.3 Å². The molecule has 4 heteroatoms. The van der Waals surface area contributed by atoms with Crippen molar-refractivity contribution in [1.82, 2.24) is 10.1 Å². The van der Waals surface area contributed by atoms with E-state index in [4.69, 9.17) is 0 Å². The highest BCUT2D eigenvalue weighted by Gasteiger charge is 2.30. The monoisotopic (exact) mass is 336 g/mol. The van der Waals surface area contributed by atoms with Crippen molar-refractivity contribution >= 4 is 17.9 Å². The van der Waals surface area contributed by atoms with E-state index < -0.39 is 7.29 Å². The first-order valence-electron chi connectivity index (χ1n) is 8.13. The second-order valence-electron chi connectivity index (χ2n) is 5.66. The van der Waals surface area contributed by atoms with Crippen molar-refractivity contribution in [2.24, 2.45) is 0 Å². The van der Waals surface area contributed by atoms with Crippen LogP contribution in [0.5, 0.6) is 0 Å². The van der Waals surface area contributed by atoms with E-state index in [0.717, 1.165) is 22.6 Å². The molecule has 3 nitrogen and oxygen atoms in total. The van der Waals surface area contributed by atoms with E-state index in [-0.39, 0.29) is 6.04 Å². The second kappa shape index (κ2) is 7.57. The van der Waals surface area contributed by atoms with Gasteiger partial charge in [0.2, 0.25) is 7.29 Å². The zero-order chi connectivity index (χ0) is 16.8. The molecule has 1 aromatic heterocycles. The molecule has 24 heavy (non-hydrogen) atoms. The lowest BCUT2D eigenvalue weighted by molar-refractivity contribution is 0.555. The number of pyridine rings is 1. The van der Waals surface area contributed by atoms with Crippen LogP contribution in [-0.4, -0.2) is 4.98 Å². The van der Waals surface area contributed by atoms with Gasteiger partial charge in [0.05, 0.1) is 0 Å². The average molecular weight is 336 g/mol. The quantitative estimate of drug-likeness (QED) is 0.691. The Morgan fingerprint density at radius 1 is 0.917 bits per heavy atom. The van der Waals surface area contributed by atoms with Crippen molar-refractivity contribution in [1.29, 1.82) is 0 Å². The second-order valence-corrected chi connectivity index (χ2v) is 8.17. The summed E-state index contributed by atoms with van der Waals surface area (Å²) in [6.07, 6.45) is 4.42. The lowest BCUT2D eigenvalue weighted by atomic mass is 10.1. The molecule has 1 heterocycles. The minimum atomic E-state index is -2.94. The van der Waals surface area contributed by atoms with Crippen LogP contribution in [0.25, 0.3) is 0 Å². The summed E-state index contributed by atoms with van der Waals surface area (Å²) in [5, 5.41) is 5.08. The van der Waals surface area contributed by atoms with Gasteiger partial charge in [0, 0.05) is 29.0 Å². The largest absolute Gasteiger partial charge is 0.297 e. The molecule has 0 spiro atoms. The molecule has 3 rings (SSSR count). The van der Waals surface area contributed by atoms with Crippen LogP contribution >= 0.6 is 7.29 Å². The number of nitrogens with zero attached hydrogens (tertiary/aromatic N) is 1. The Hall–Kier alpha value is -2.22. The highest BCUT2D eigenvalue weighted by molar-refractivity contribution is 7.76. The Labute approximate surface area is 143 Å². The SMILES string of the molecule is CC[C@H](NP(=O)(c1ccccc1)c1ccccc1)c1cccnc1. The Bertz CT molecular complexity index is 763. The average Bonchev–Trinajstić information content (AvgIpc) is 2.68. The molecule has 0 fully saturated rings. The van der Waals surface area contributed by atoms with Gasteiger partial charge in [0.25, 0.3) is 0 Å². The number of hydrogen-bond acceptors (Lipinski definition) is 2. The standard InChI is InChI=1S/C20H21N2OP/c1-2-20(17-10-9-15-21-16-17)22-24(23,18-11-5-3-6-12-18)19-13-7-4-8-14-19/h3-16,20H,2H2,1H3,(H,22,23)/t20-/m0/s1. The van der Waals surface area contributed by atoms with E-state index in [1.165, 1.54) is 0 Å². The first kappa shape index (κ1) is 16.6. The van der Waals surface area contributed by atoms with E-state index in [1.54, 1.807) is 6.20 Å². The topological polar surface area (TPSA) is 42.0 Å². The molecule has 0 aliphatic heterocycles. The fourth-order valence-electron chi connectivity index (χ4n) is 2.78. The normalized spacial score (nSPS) is 12.7. The van der Waals surface area contributed by atoms with Crippen molar-refractivity contribution in [3.8, 4) is 0 Å². The molecular formula is C20H21N2OP. The summed E-state index contributed by atoms with van der Waals surface area (Å²) in [5.74, 6) is 0. The Kier molecular flexibility index (Phi) is 5.24. The number of aromatic nitrogens is 1. The van der Waals surface area contributed by atoms with E-state index >= 15 is 0 Å². The molecule has 0 aliphatic carbocycles. The molecule has 0 amide bonds. The summed E-state index contributed by atoms with van der Waals surface area (Å²) in [7, 11) is -2.94. The molecule has 0 saturated heterocycles. The van der Waals surface area contributed by atoms with Gasteiger partial charge in [-0.3, -0.25) is 14.6 Å². The summed E-state index contributed by atoms with van der Waals surface area (Å²) in [6, 6.07) is 23.2. The maximum atomic E-state index is 14.0. The molecule has 0 bridgehead atoms. The highest BCUT2D eigenvalue weighted by Crippen LogP contribution is 2.42. The maximum absolute atomic E-state index is 14.0. The van der Waals surface area contributed by atoms with Gasteiger partial charge in [-0.25, -0.2) is 0 Å². The van der Waals surface area contributed by atoms with Gasteiger partial charge in [-0.2, -0.15) is 0 Å². The van der Waals surface area contributed by atoms with Crippen molar-refractivity contribution in [3.63, 3.8) is 0 Å². The predicted molar refractivity (Wildman–Crippen MR) is 100 cm³/mol. The summed E-state index contributed by atoms with van der Waals surface area (Å²) in [5.41, 5.74) is 1.05. The van der Waals surface area contributed by atoms with Crippen molar-refractivity contribution in [2.45, 2.75) is 19.4 Å². The number of nitrogens with one attached hydrogen (secondary N) is 1. The van der Waals surface area contributed by atoms with Gasteiger partial charge >= 0.3 is 0 Å². The number of benzene rings is 2. The van der Waals surface area contributed by atoms with Crippen molar-refractivity contribution in [3.05, 3.63) is 90.8 Å². The first-order chi connectivity index (χ1) is 11.7. The van der Waals surface area contributed by atoms with Crippen LogP contribution in [0, 0.1) is 0 Å².